The number of hydrogen-bond donors (Lipinski definition) is 0. The Balaban J connectivity index is 2.89. The number of allylic oxidation sites excluding steroid dienone is 1. The summed E-state index contributed by atoms with van der Waals surface area (Å²) in [5.74, 6) is 0. The van der Waals surface area contributed by atoms with Crippen LogP contribution in [0.4, 0.5) is 0 Å². The molecule has 0 fully saturated rings. The number of halogens is 1. The van der Waals surface area contributed by atoms with Gasteiger partial charge in [-0.2, -0.15) is 0 Å². The SMILES string of the molecule is CC1=CCCCC1S(=O)(=O)Cl. The van der Waals surface area contributed by atoms with Crippen molar-refractivity contribution in [1.82, 2.24) is 0 Å². The summed E-state index contributed by atoms with van der Waals surface area (Å²) in [5.41, 5.74) is 0.895. The maximum atomic E-state index is 10.9. The van der Waals surface area contributed by atoms with E-state index in [2.05, 4.69) is 0 Å². The lowest BCUT2D eigenvalue weighted by molar-refractivity contribution is 0.586. The standard InChI is InChI=1S/C7H11ClO2S/c1-6-4-2-3-5-7(6)11(8,9)10/h4,7H,2-3,5H2,1H3. The molecule has 0 radical (unpaired) electrons. The van der Waals surface area contributed by atoms with Crippen LogP contribution in [-0.2, 0) is 9.05 Å². The summed E-state index contributed by atoms with van der Waals surface area (Å²) >= 11 is 0. The molecule has 1 unspecified atom stereocenters. The molecular formula is C7H11ClO2S. The molecule has 0 bridgehead atoms. The Morgan fingerprint density at radius 3 is 2.64 bits per heavy atom. The molecule has 0 saturated carbocycles. The van der Waals surface area contributed by atoms with Gasteiger partial charge in [-0.1, -0.05) is 11.6 Å². The predicted molar refractivity (Wildman–Crippen MR) is 46.2 cm³/mol. The highest BCUT2D eigenvalue weighted by atomic mass is 35.7. The van der Waals surface area contributed by atoms with Gasteiger partial charge in [-0.05, 0) is 26.2 Å². The third kappa shape index (κ3) is 2.20. The lowest BCUT2D eigenvalue weighted by Gasteiger charge is -2.17. The van der Waals surface area contributed by atoms with Crippen molar-refractivity contribution in [1.29, 1.82) is 0 Å². The second-order valence-electron chi connectivity index (χ2n) is 2.84. The van der Waals surface area contributed by atoms with Crippen LogP contribution < -0.4 is 0 Å². The van der Waals surface area contributed by atoms with E-state index in [1.165, 1.54) is 0 Å². The van der Waals surface area contributed by atoms with E-state index in [4.69, 9.17) is 10.7 Å². The summed E-state index contributed by atoms with van der Waals surface area (Å²) < 4.78 is 21.8. The van der Waals surface area contributed by atoms with Gasteiger partial charge < -0.3 is 0 Å². The van der Waals surface area contributed by atoms with Gasteiger partial charge in [0.05, 0.1) is 5.25 Å². The van der Waals surface area contributed by atoms with Crippen molar-refractivity contribution in [3.8, 4) is 0 Å². The van der Waals surface area contributed by atoms with Gasteiger partial charge >= 0.3 is 0 Å². The topological polar surface area (TPSA) is 34.1 Å². The minimum Gasteiger partial charge on any atom is -0.212 e. The first kappa shape index (κ1) is 9.07. The van der Waals surface area contributed by atoms with Crippen LogP contribution in [0.1, 0.15) is 26.2 Å². The molecule has 0 N–H and O–H groups in total. The molecule has 0 spiro atoms. The monoisotopic (exact) mass is 194 g/mol. The van der Waals surface area contributed by atoms with Gasteiger partial charge in [-0.15, -0.1) is 0 Å². The van der Waals surface area contributed by atoms with Crippen molar-refractivity contribution in [3.05, 3.63) is 11.6 Å². The number of rotatable bonds is 1. The second kappa shape index (κ2) is 3.15. The largest absolute Gasteiger partial charge is 0.239 e. The van der Waals surface area contributed by atoms with Crippen LogP contribution in [0, 0.1) is 0 Å². The molecule has 11 heavy (non-hydrogen) atoms. The first-order chi connectivity index (χ1) is 5.02. The fraction of sp³-hybridized carbons (Fsp3) is 0.714. The van der Waals surface area contributed by atoms with Crippen LogP contribution in [0.15, 0.2) is 11.6 Å². The quantitative estimate of drug-likeness (QED) is 0.473. The molecule has 0 aromatic heterocycles. The average Bonchev–Trinajstić information content (AvgIpc) is 1.86. The van der Waals surface area contributed by atoms with E-state index in [-0.39, 0.29) is 0 Å². The van der Waals surface area contributed by atoms with Crippen LogP contribution in [0.5, 0.6) is 0 Å². The molecule has 0 aromatic rings. The Kier molecular flexibility index (Phi) is 2.60. The molecule has 4 heteroatoms. The number of hydrogen-bond acceptors (Lipinski definition) is 2. The van der Waals surface area contributed by atoms with Gasteiger partial charge in [0, 0.05) is 10.7 Å². The van der Waals surface area contributed by atoms with E-state index < -0.39 is 14.3 Å². The fourth-order valence-electron chi connectivity index (χ4n) is 1.35. The van der Waals surface area contributed by atoms with Gasteiger partial charge in [0.15, 0.2) is 0 Å². The highest BCUT2D eigenvalue weighted by molar-refractivity contribution is 8.14. The van der Waals surface area contributed by atoms with Crippen molar-refractivity contribution in [3.63, 3.8) is 0 Å². The third-order valence-electron chi connectivity index (χ3n) is 1.98. The maximum absolute atomic E-state index is 10.9. The van der Waals surface area contributed by atoms with E-state index in [9.17, 15) is 8.42 Å². The van der Waals surface area contributed by atoms with Crippen LogP contribution in [-0.4, -0.2) is 13.7 Å². The predicted octanol–water partition coefficient (Wildman–Crippen LogP) is 2.05. The van der Waals surface area contributed by atoms with Gasteiger partial charge in [0.2, 0.25) is 9.05 Å². The highest BCUT2D eigenvalue weighted by Gasteiger charge is 2.25. The summed E-state index contributed by atoms with van der Waals surface area (Å²) in [6.07, 6.45) is 4.53. The van der Waals surface area contributed by atoms with Crippen molar-refractivity contribution in [2.75, 3.05) is 0 Å². The molecular weight excluding hydrogens is 184 g/mol. The first-order valence-corrected chi connectivity index (χ1v) is 5.99. The second-order valence-corrected chi connectivity index (χ2v) is 5.65. The Morgan fingerprint density at radius 2 is 2.27 bits per heavy atom. The van der Waals surface area contributed by atoms with Gasteiger partial charge in [0.1, 0.15) is 0 Å². The molecule has 1 aliphatic rings. The summed E-state index contributed by atoms with van der Waals surface area (Å²) in [4.78, 5) is 0. The molecule has 0 saturated heterocycles. The summed E-state index contributed by atoms with van der Waals surface area (Å²) in [6, 6.07) is 0. The van der Waals surface area contributed by atoms with E-state index in [0.29, 0.717) is 6.42 Å². The fourth-order valence-corrected chi connectivity index (χ4v) is 3.03. The summed E-state index contributed by atoms with van der Waals surface area (Å²) in [6.45, 7) is 1.82. The van der Waals surface area contributed by atoms with Crippen LogP contribution in [0.3, 0.4) is 0 Å². The van der Waals surface area contributed by atoms with Crippen LogP contribution in [0.25, 0.3) is 0 Å². The van der Waals surface area contributed by atoms with Gasteiger partial charge in [-0.3, -0.25) is 0 Å². The molecule has 1 rings (SSSR count). The lowest BCUT2D eigenvalue weighted by Crippen LogP contribution is -2.19. The van der Waals surface area contributed by atoms with Crippen LogP contribution in [0.2, 0.25) is 0 Å². The summed E-state index contributed by atoms with van der Waals surface area (Å²) in [7, 11) is 1.87. The minimum absolute atomic E-state index is 0.432. The molecule has 64 valence electrons. The Bertz CT molecular complexity index is 266. The van der Waals surface area contributed by atoms with Crippen LogP contribution >= 0.6 is 10.7 Å². The molecule has 0 aliphatic heterocycles. The van der Waals surface area contributed by atoms with E-state index in [1.807, 2.05) is 13.0 Å². The molecule has 1 atom stereocenters. The van der Waals surface area contributed by atoms with Crippen molar-refractivity contribution >= 4 is 19.7 Å². The molecule has 0 heterocycles. The highest BCUT2D eigenvalue weighted by Crippen LogP contribution is 2.26. The normalized spacial score (nSPS) is 26.4. The smallest absolute Gasteiger partial charge is 0.212 e. The van der Waals surface area contributed by atoms with E-state index in [0.717, 1.165) is 18.4 Å². The van der Waals surface area contributed by atoms with E-state index >= 15 is 0 Å². The Morgan fingerprint density at radius 1 is 1.64 bits per heavy atom. The van der Waals surface area contributed by atoms with Crippen molar-refractivity contribution in [2.24, 2.45) is 0 Å². The zero-order valence-electron chi connectivity index (χ0n) is 6.38. The van der Waals surface area contributed by atoms with Gasteiger partial charge in [0.25, 0.3) is 0 Å². The average molecular weight is 195 g/mol. The maximum Gasteiger partial charge on any atom is 0.239 e. The summed E-state index contributed by atoms with van der Waals surface area (Å²) in [5, 5.41) is -0.432. The molecule has 2 nitrogen and oxygen atoms in total. The molecule has 0 aromatic carbocycles. The van der Waals surface area contributed by atoms with Crippen molar-refractivity contribution < 1.29 is 8.42 Å². The lowest BCUT2D eigenvalue weighted by atomic mass is 10.0. The third-order valence-corrected chi connectivity index (χ3v) is 3.92. The van der Waals surface area contributed by atoms with Crippen molar-refractivity contribution in [2.45, 2.75) is 31.4 Å². The zero-order chi connectivity index (χ0) is 8.48. The van der Waals surface area contributed by atoms with Gasteiger partial charge in [-0.25, -0.2) is 8.42 Å². The first-order valence-electron chi connectivity index (χ1n) is 3.62. The minimum atomic E-state index is -3.37. The Labute approximate surface area is 71.7 Å². The zero-order valence-corrected chi connectivity index (χ0v) is 7.95. The molecule has 1 aliphatic carbocycles. The van der Waals surface area contributed by atoms with E-state index in [1.54, 1.807) is 0 Å². The Hall–Kier alpha value is -0.0200. The molecule has 0 amide bonds.